The lowest BCUT2D eigenvalue weighted by molar-refractivity contribution is -0.385. The summed E-state index contributed by atoms with van der Waals surface area (Å²) in [6.07, 6.45) is 7.60. The first-order valence-electron chi connectivity index (χ1n) is 7.64. The molecule has 1 aromatic rings. The van der Waals surface area contributed by atoms with Gasteiger partial charge in [-0.05, 0) is 38.2 Å². The molecule has 1 aliphatic carbocycles. The Morgan fingerprint density at radius 2 is 2.05 bits per heavy atom. The maximum Gasteiger partial charge on any atom is 0.274 e. The molecule has 0 aliphatic heterocycles. The fourth-order valence-electron chi connectivity index (χ4n) is 3.27. The van der Waals surface area contributed by atoms with Gasteiger partial charge >= 0.3 is 0 Å². The molecule has 4 heteroatoms. The van der Waals surface area contributed by atoms with Crippen molar-refractivity contribution in [1.29, 1.82) is 0 Å². The van der Waals surface area contributed by atoms with Gasteiger partial charge in [-0.3, -0.25) is 10.1 Å². The number of nitrogens with zero attached hydrogens (tertiary/aromatic N) is 1. The first kappa shape index (κ1) is 14.8. The van der Waals surface area contributed by atoms with Crippen LogP contribution < -0.4 is 5.32 Å². The predicted molar refractivity (Wildman–Crippen MR) is 82.1 cm³/mol. The summed E-state index contributed by atoms with van der Waals surface area (Å²) in [7, 11) is 0. The molecule has 0 aromatic heterocycles. The molecule has 4 nitrogen and oxygen atoms in total. The van der Waals surface area contributed by atoms with E-state index in [1.807, 2.05) is 13.0 Å². The van der Waals surface area contributed by atoms with E-state index < -0.39 is 0 Å². The fraction of sp³-hybridized carbons (Fsp3) is 0.625. The third-order valence-corrected chi connectivity index (χ3v) is 4.50. The van der Waals surface area contributed by atoms with Crippen molar-refractivity contribution in [3.05, 3.63) is 33.9 Å². The standard InChI is InChI=1S/C16H24N2O2/c1-3-14(13-8-5-4-6-9-13)17-15-10-7-11-16(12(15)2)18(19)20/h7,10-11,13-14,17H,3-6,8-9H2,1-2H3. The highest BCUT2D eigenvalue weighted by Gasteiger charge is 2.23. The SMILES string of the molecule is CCC(Nc1cccc([N+](=O)[O-])c1C)C1CCCCC1. The number of anilines is 1. The van der Waals surface area contributed by atoms with E-state index in [0.717, 1.165) is 17.7 Å². The zero-order chi connectivity index (χ0) is 14.5. The molecule has 20 heavy (non-hydrogen) atoms. The third-order valence-electron chi connectivity index (χ3n) is 4.50. The van der Waals surface area contributed by atoms with Gasteiger partial charge in [0.05, 0.1) is 4.92 Å². The van der Waals surface area contributed by atoms with Gasteiger partial charge < -0.3 is 5.32 Å². The lowest BCUT2D eigenvalue weighted by atomic mass is 9.82. The molecule has 0 heterocycles. The first-order valence-corrected chi connectivity index (χ1v) is 7.64. The van der Waals surface area contributed by atoms with E-state index in [-0.39, 0.29) is 10.6 Å². The summed E-state index contributed by atoms with van der Waals surface area (Å²) in [4.78, 5) is 10.7. The first-order chi connectivity index (χ1) is 9.63. The Kier molecular flexibility index (Phi) is 4.99. The minimum absolute atomic E-state index is 0.202. The molecule has 0 amide bonds. The number of nitro benzene ring substituents is 1. The van der Waals surface area contributed by atoms with Gasteiger partial charge in [-0.2, -0.15) is 0 Å². The number of nitro groups is 1. The van der Waals surface area contributed by atoms with Gasteiger partial charge in [0.1, 0.15) is 0 Å². The summed E-state index contributed by atoms with van der Waals surface area (Å²) >= 11 is 0. The van der Waals surface area contributed by atoms with Crippen LogP contribution in [0.3, 0.4) is 0 Å². The smallest absolute Gasteiger partial charge is 0.274 e. The molecule has 0 saturated heterocycles. The van der Waals surface area contributed by atoms with Crippen LogP contribution in [0.5, 0.6) is 0 Å². The second kappa shape index (κ2) is 6.73. The highest BCUT2D eigenvalue weighted by Crippen LogP contribution is 2.32. The van der Waals surface area contributed by atoms with Crippen LogP contribution in [0.25, 0.3) is 0 Å². The Morgan fingerprint density at radius 3 is 2.65 bits per heavy atom. The van der Waals surface area contributed by atoms with Crippen molar-refractivity contribution >= 4 is 11.4 Å². The molecule has 0 radical (unpaired) electrons. The summed E-state index contributed by atoms with van der Waals surface area (Å²) in [6, 6.07) is 5.72. The van der Waals surface area contributed by atoms with Crippen molar-refractivity contribution < 1.29 is 4.92 Å². The van der Waals surface area contributed by atoms with Crippen LogP contribution in [0.4, 0.5) is 11.4 Å². The molecule has 1 atom stereocenters. The van der Waals surface area contributed by atoms with E-state index in [2.05, 4.69) is 12.2 Å². The van der Waals surface area contributed by atoms with Crippen LogP contribution in [0.2, 0.25) is 0 Å². The minimum Gasteiger partial charge on any atom is -0.382 e. The van der Waals surface area contributed by atoms with Crippen molar-refractivity contribution in [3.8, 4) is 0 Å². The lowest BCUT2D eigenvalue weighted by Gasteiger charge is -2.31. The maximum absolute atomic E-state index is 11.0. The van der Waals surface area contributed by atoms with E-state index in [1.165, 1.54) is 32.1 Å². The normalized spacial score (nSPS) is 17.7. The molecular weight excluding hydrogens is 252 g/mol. The van der Waals surface area contributed by atoms with Crippen molar-refractivity contribution in [2.24, 2.45) is 5.92 Å². The molecular formula is C16H24N2O2. The Morgan fingerprint density at radius 1 is 1.35 bits per heavy atom. The van der Waals surface area contributed by atoms with Crippen LogP contribution in [0.15, 0.2) is 18.2 Å². The summed E-state index contributed by atoms with van der Waals surface area (Å²) in [5.74, 6) is 0.701. The second-order valence-corrected chi connectivity index (χ2v) is 5.76. The average molecular weight is 276 g/mol. The van der Waals surface area contributed by atoms with E-state index in [4.69, 9.17) is 0 Å². The second-order valence-electron chi connectivity index (χ2n) is 5.76. The molecule has 1 saturated carbocycles. The fourth-order valence-corrected chi connectivity index (χ4v) is 3.27. The summed E-state index contributed by atoms with van der Waals surface area (Å²) in [5, 5.41) is 14.6. The minimum atomic E-state index is -0.303. The molecule has 0 spiro atoms. The summed E-state index contributed by atoms with van der Waals surface area (Å²) in [6.45, 7) is 4.02. The Labute approximate surface area is 120 Å². The van der Waals surface area contributed by atoms with Gasteiger partial charge in [-0.15, -0.1) is 0 Å². The van der Waals surface area contributed by atoms with E-state index in [0.29, 0.717) is 12.0 Å². The van der Waals surface area contributed by atoms with Crippen LogP contribution in [-0.2, 0) is 0 Å². The Hall–Kier alpha value is -1.58. The Bertz CT molecular complexity index is 468. The maximum atomic E-state index is 11.0. The van der Waals surface area contributed by atoms with Crippen molar-refractivity contribution in [3.63, 3.8) is 0 Å². The van der Waals surface area contributed by atoms with E-state index in [9.17, 15) is 10.1 Å². The zero-order valence-electron chi connectivity index (χ0n) is 12.4. The molecule has 1 aliphatic rings. The average Bonchev–Trinajstić information content (AvgIpc) is 2.47. The summed E-state index contributed by atoms with van der Waals surface area (Å²) in [5.41, 5.74) is 1.86. The number of benzene rings is 1. The largest absolute Gasteiger partial charge is 0.382 e. The highest BCUT2D eigenvalue weighted by molar-refractivity contribution is 5.60. The molecule has 2 rings (SSSR count). The third kappa shape index (κ3) is 3.30. The van der Waals surface area contributed by atoms with Gasteiger partial charge in [-0.25, -0.2) is 0 Å². The molecule has 0 bridgehead atoms. The van der Waals surface area contributed by atoms with E-state index >= 15 is 0 Å². The molecule has 110 valence electrons. The summed E-state index contributed by atoms with van der Waals surface area (Å²) < 4.78 is 0. The number of hydrogen-bond acceptors (Lipinski definition) is 3. The van der Waals surface area contributed by atoms with Crippen molar-refractivity contribution in [2.75, 3.05) is 5.32 Å². The van der Waals surface area contributed by atoms with Gasteiger partial charge in [0.25, 0.3) is 5.69 Å². The number of nitrogens with one attached hydrogen (secondary N) is 1. The van der Waals surface area contributed by atoms with Crippen LogP contribution >= 0.6 is 0 Å². The highest BCUT2D eigenvalue weighted by atomic mass is 16.6. The topological polar surface area (TPSA) is 55.2 Å². The zero-order valence-corrected chi connectivity index (χ0v) is 12.4. The molecule has 1 N–H and O–H groups in total. The molecule has 1 fully saturated rings. The molecule has 1 aromatic carbocycles. The van der Waals surface area contributed by atoms with Gasteiger partial charge in [0.2, 0.25) is 0 Å². The van der Waals surface area contributed by atoms with Gasteiger partial charge in [-0.1, -0.05) is 32.3 Å². The van der Waals surface area contributed by atoms with Gasteiger partial charge in [0.15, 0.2) is 0 Å². The van der Waals surface area contributed by atoms with Crippen LogP contribution in [0, 0.1) is 23.0 Å². The number of hydrogen-bond donors (Lipinski definition) is 1. The molecule has 1 unspecified atom stereocenters. The van der Waals surface area contributed by atoms with Crippen LogP contribution in [0.1, 0.15) is 51.0 Å². The van der Waals surface area contributed by atoms with Gasteiger partial charge in [0, 0.05) is 23.4 Å². The van der Waals surface area contributed by atoms with E-state index in [1.54, 1.807) is 12.1 Å². The predicted octanol–water partition coefficient (Wildman–Crippen LogP) is 4.67. The number of rotatable bonds is 5. The van der Waals surface area contributed by atoms with Crippen LogP contribution in [-0.4, -0.2) is 11.0 Å². The lowest BCUT2D eigenvalue weighted by Crippen LogP contribution is -2.30. The van der Waals surface area contributed by atoms with Crippen molar-refractivity contribution in [2.45, 2.75) is 58.4 Å². The van der Waals surface area contributed by atoms with Crippen molar-refractivity contribution in [1.82, 2.24) is 0 Å². The quantitative estimate of drug-likeness (QED) is 0.628. The Balaban J connectivity index is 2.14. The monoisotopic (exact) mass is 276 g/mol.